The summed E-state index contributed by atoms with van der Waals surface area (Å²) in [5.74, 6) is 2.20. The van der Waals surface area contributed by atoms with Gasteiger partial charge in [0.25, 0.3) is 5.91 Å². The summed E-state index contributed by atoms with van der Waals surface area (Å²) >= 11 is 1.70. The average Bonchev–Trinajstić information content (AvgIpc) is 2.94. The van der Waals surface area contributed by atoms with Gasteiger partial charge in [-0.05, 0) is 38.7 Å². The summed E-state index contributed by atoms with van der Waals surface area (Å²) in [6, 6.07) is 4.70. The topological polar surface area (TPSA) is 36.7 Å². The van der Waals surface area contributed by atoms with Crippen LogP contribution in [0.4, 0.5) is 0 Å². The molecule has 1 aliphatic rings. The fourth-order valence-corrected chi connectivity index (χ4v) is 3.41. The smallest absolute Gasteiger partial charge is 0.289 e. The van der Waals surface area contributed by atoms with Gasteiger partial charge in [0.15, 0.2) is 5.76 Å². The Morgan fingerprint density at radius 2 is 2.19 bits per heavy atom. The first-order valence-electron chi connectivity index (χ1n) is 7.69. The normalized spacial score (nSPS) is 20.2. The van der Waals surface area contributed by atoms with Crippen molar-refractivity contribution in [2.45, 2.75) is 45.0 Å². The van der Waals surface area contributed by atoms with Crippen LogP contribution in [0.1, 0.15) is 43.5 Å². The number of thioether (sulfide) groups is 1. The minimum absolute atomic E-state index is 0.0317. The molecule has 0 aromatic carbocycles. The molecule has 5 heteroatoms. The molecular weight excluding hydrogens is 284 g/mol. The third kappa shape index (κ3) is 3.83. The number of carbonyl (C=O) groups is 1. The largest absolute Gasteiger partial charge is 0.455 e. The lowest BCUT2D eigenvalue weighted by molar-refractivity contribution is 0.0348. The van der Waals surface area contributed by atoms with E-state index in [-0.39, 0.29) is 5.91 Å². The Bertz CT molecular complexity index is 473. The van der Waals surface area contributed by atoms with Crippen LogP contribution in [0.2, 0.25) is 0 Å². The minimum Gasteiger partial charge on any atom is -0.455 e. The van der Waals surface area contributed by atoms with Gasteiger partial charge < -0.3 is 9.32 Å². The van der Waals surface area contributed by atoms with Crippen molar-refractivity contribution in [1.29, 1.82) is 0 Å². The van der Waals surface area contributed by atoms with Crippen molar-refractivity contribution >= 4 is 17.7 Å². The highest BCUT2D eigenvalue weighted by atomic mass is 32.2. The van der Waals surface area contributed by atoms with Crippen molar-refractivity contribution in [1.82, 2.24) is 9.80 Å². The van der Waals surface area contributed by atoms with E-state index in [0.717, 1.165) is 37.6 Å². The summed E-state index contributed by atoms with van der Waals surface area (Å²) in [4.78, 5) is 17.0. The summed E-state index contributed by atoms with van der Waals surface area (Å²) < 4.78 is 5.66. The van der Waals surface area contributed by atoms with E-state index in [1.54, 1.807) is 11.8 Å². The number of hydrogen-bond acceptors (Lipinski definition) is 4. The van der Waals surface area contributed by atoms with Crippen LogP contribution in [-0.4, -0.2) is 53.7 Å². The summed E-state index contributed by atoms with van der Waals surface area (Å²) in [5.41, 5.74) is 0. The fourth-order valence-electron chi connectivity index (χ4n) is 2.97. The van der Waals surface area contributed by atoms with E-state index in [9.17, 15) is 4.79 Å². The van der Waals surface area contributed by atoms with Gasteiger partial charge >= 0.3 is 0 Å². The Morgan fingerprint density at radius 1 is 1.43 bits per heavy atom. The zero-order chi connectivity index (χ0) is 15.4. The van der Waals surface area contributed by atoms with Crippen LogP contribution in [0, 0.1) is 0 Å². The number of hydrogen-bond donors (Lipinski definition) is 0. The van der Waals surface area contributed by atoms with Gasteiger partial charge in [0.1, 0.15) is 5.76 Å². The van der Waals surface area contributed by atoms with Gasteiger partial charge in [-0.2, -0.15) is 11.8 Å². The Kier molecular flexibility index (Phi) is 5.76. The molecule has 1 amide bonds. The van der Waals surface area contributed by atoms with Gasteiger partial charge in [-0.3, -0.25) is 9.69 Å². The van der Waals surface area contributed by atoms with E-state index in [4.69, 9.17) is 4.42 Å². The van der Waals surface area contributed by atoms with Gasteiger partial charge in [0.05, 0.1) is 5.75 Å². The lowest BCUT2D eigenvalue weighted by Crippen LogP contribution is -2.56. The van der Waals surface area contributed by atoms with Gasteiger partial charge in [-0.1, -0.05) is 6.92 Å². The van der Waals surface area contributed by atoms with Crippen molar-refractivity contribution in [2.24, 2.45) is 0 Å². The molecule has 1 aromatic rings. The number of furan rings is 1. The maximum Gasteiger partial charge on any atom is 0.289 e. The highest BCUT2D eigenvalue weighted by Crippen LogP contribution is 2.20. The molecule has 0 aliphatic carbocycles. The summed E-state index contributed by atoms with van der Waals surface area (Å²) in [7, 11) is 0. The van der Waals surface area contributed by atoms with E-state index in [1.807, 2.05) is 23.3 Å². The molecule has 1 saturated heterocycles. The van der Waals surface area contributed by atoms with Gasteiger partial charge in [0, 0.05) is 31.7 Å². The molecule has 0 spiro atoms. The second-order valence-corrected chi connectivity index (χ2v) is 6.71. The predicted molar refractivity (Wildman–Crippen MR) is 87.8 cm³/mol. The van der Waals surface area contributed by atoms with Crippen molar-refractivity contribution < 1.29 is 9.21 Å². The summed E-state index contributed by atoms with van der Waals surface area (Å²) in [5, 5.41) is 0. The number of carbonyl (C=O) groups excluding carboxylic acids is 1. The monoisotopic (exact) mass is 310 g/mol. The van der Waals surface area contributed by atoms with E-state index < -0.39 is 0 Å². The van der Waals surface area contributed by atoms with E-state index in [0.29, 0.717) is 17.8 Å². The average molecular weight is 310 g/mol. The molecule has 21 heavy (non-hydrogen) atoms. The Morgan fingerprint density at radius 3 is 2.81 bits per heavy atom. The van der Waals surface area contributed by atoms with E-state index >= 15 is 0 Å². The maximum absolute atomic E-state index is 12.6. The van der Waals surface area contributed by atoms with Crippen LogP contribution < -0.4 is 0 Å². The zero-order valence-electron chi connectivity index (χ0n) is 13.5. The molecule has 2 rings (SSSR count). The van der Waals surface area contributed by atoms with Gasteiger partial charge in [-0.15, -0.1) is 0 Å². The number of nitrogens with zero attached hydrogens (tertiary/aromatic N) is 2. The molecule has 0 unspecified atom stereocenters. The second kappa shape index (κ2) is 7.36. The van der Waals surface area contributed by atoms with Crippen LogP contribution in [0.25, 0.3) is 0 Å². The molecule has 0 saturated carbocycles. The quantitative estimate of drug-likeness (QED) is 0.837. The molecule has 0 bridgehead atoms. The number of piperazine rings is 1. The molecule has 1 fully saturated rings. The van der Waals surface area contributed by atoms with Crippen LogP contribution in [-0.2, 0) is 5.75 Å². The lowest BCUT2D eigenvalue weighted by Gasteiger charge is -2.43. The molecule has 4 nitrogen and oxygen atoms in total. The predicted octanol–water partition coefficient (Wildman–Crippen LogP) is 3.09. The Balaban J connectivity index is 2.03. The van der Waals surface area contributed by atoms with E-state index in [2.05, 4.69) is 25.7 Å². The first kappa shape index (κ1) is 16.4. The maximum atomic E-state index is 12.6. The SMILES string of the molecule is CC[C@@H]1CN(C(=O)c2ccc(CSC)o2)CCN1C(C)C. The first-order chi connectivity index (χ1) is 10.1. The van der Waals surface area contributed by atoms with Gasteiger partial charge in [-0.25, -0.2) is 0 Å². The van der Waals surface area contributed by atoms with Crippen LogP contribution in [0.15, 0.2) is 16.5 Å². The minimum atomic E-state index is 0.0317. The number of amides is 1. The molecule has 1 atom stereocenters. The van der Waals surface area contributed by atoms with Crippen LogP contribution >= 0.6 is 11.8 Å². The summed E-state index contributed by atoms with van der Waals surface area (Å²) in [6.45, 7) is 9.17. The fraction of sp³-hybridized carbons (Fsp3) is 0.688. The highest BCUT2D eigenvalue weighted by molar-refractivity contribution is 7.97. The molecule has 0 radical (unpaired) electrons. The lowest BCUT2D eigenvalue weighted by atomic mass is 10.1. The highest BCUT2D eigenvalue weighted by Gasteiger charge is 2.31. The molecule has 1 aromatic heterocycles. The third-order valence-electron chi connectivity index (χ3n) is 4.11. The second-order valence-electron chi connectivity index (χ2n) is 5.84. The van der Waals surface area contributed by atoms with Gasteiger partial charge in [0.2, 0.25) is 0 Å². The van der Waals surface area contributed by atoms with Crippen LogP contribution in [0.5, 0.6) is 0 Å². The molecule has 0 N–H and O–H groups in total. The third-order valence-corrected chi connectivity index (χ3v) is 4.68. The Hall–Kier alpha value is -0.940. The molecular formula is C16H26N2O2S. The molecule has 1 aliphatic heterocycles. The van der Waals surface area contributed by atoms with Crippen molar-refractivity contribution in [2.75, 3.05) is 25.9 Å². The standard InChI is InChI=1S/C16H26N2O2S/c1-5-13-10-17(8-9-18(13)12(2)3)16(19)15-7-6-14(20-15)11-21-4/h6-7,12-13H,5,8-11H2,1-4H3/t13-/m1/s1. The van der Waals surface area contributed by atoms with Crippen molar-refractivity contribution in [3.05, 3.63) is 23.7 Å². The first-order valence-corrected chi connectivity index (χ1v) is 9.08. The van der Waals surface area contributed by atoms with Crippen LogP contribution in [0.3, 0.4) is 0 Å². The zero-order valence-corrected chi connectivity index (χ0v) is 14.3. The van der Waals surface area contributed by atoms with Crippen molar-refractivity contribution in [3.63, 3.8) is 0 Å². The number of rotatable bonds is 5. The van der Waals surface area contributed by atoms with Crippen molar-refractivity contribution in [3.8, 4) is 0 Å². The Labute approximate surface area is 131 Å². The molecule has 118 valence electrons. The molecule has 2 heterocycles. The summed E-state index contributed by atoms with van der Waals surface area (Å²) in [6.07, 6.45) is 3.10. The van der Waals surface area contributed by atoms with E-state index in [1.165, 1.54) is 0 Å².